The van der Waals surface area contributed by atoms with E-state index in [-0.39, 0.29) is 16.8 Å². The monoisotopic (exact) mass is 378 g/mol. The lowest BCUT2D eigenvalue weighted by Gasteiger charge is -2.30. The van der Waals surface area contributed by atoms with Crippen molar-refractivity contribution < 1.29 is 13.2 Å². The maximum absolute atomic E-state index is 12.1. The number of nitrogens with zero attached hydrogens (tertiary/aromatic N) is 2. The van der Waals surface area contributed by atoms with Crippen LogP contribution in [0.25, 0.3) is 0 Å². The van der Waals surface area contributed by atoms with E-state index in [1.165, 1.54) is 0 Å². The summed E-state index contributed by atoms with van der Waals surface area (Å²) < 4.78 is 26.5. The molecule has 1 amide bonds. The molecule has 1 aromatic rings. The fraction of sp³-hybridized carbons (Fsp3) is 0.556. The number of hydrogen-bond donors (Lipinski definition) is 2. The molecule has 3 N–H and O–H groups in total. The van der Waals surface area contributed by atoms with Gasteiger partial charge in [-0.15, -0.1) is 0 Å². The number of hydrogen-bond acceptors (Lipinski definition) is 5. The van der Waals surface area contributed by atoms with Gasteiger partial charge in [-0.05, 0) is 37.8 Å². The van der Waals surface area contributed by atoms with E-state index in [4.69, 9.17) is 5.73 Å². The Kier molecular flexibility index (Phi) is 5.93. The maximum Gasteiger partial charge on any atom is 0.263 e. The van der Waals surface area contributed by atoms with Crippen molar-refractivity contribution in [2.24, 2.45) is 10.7 Å². The van der Waals surface area contributed by atoms with Crippen LogP contribution in [0, 0.1) is 0 Å². The first-order valence-electron chi connectivity index (χ1n) is 9.17. The molecule has 7 nitrogen and oxygen atoms in total. The van der Waals surface area contributed by atoms with E-state index in [1.54, 1.807) is 24.3 Å². The van der Waals surface area contributed by atoms with Gasteiger partial charge in [-0.2, -0.15) is 0 Å². The molecular formula is C18H26N4O3S. The van der Waals surface area contributed by atoms with E-state index in [2.05, 4.69) is 9.71 Å². The highest BCUT2D eigenvalue weighted by Gasteiger charge is 2.29. The normalized spacial score (nSPS) is 20.8. The molecule has 26 heavy (non-hydrogen) atoms. The number of carbonyl (C=O) groups is 1. The van der Waals surface area contributed by atoms with Gasteiger partial charge in [0.15, 0.2) is 0 Å². The molecule has 0 aliphatic carbocycles. The number of benzene rings is 1. The van der Waals surface area contributed by atoms with Crippen molar-refractivity contribution in [1.82, 2.24) is 9.62 Å². The van der Waals surface area contributed by atoms with Crippen molar-refractivity contribution in [2.45, 2.75) is 49.5 Å². The predicted octanol–water partition coefficient (Wildman–Crippen LogP) is 1.24. The number of amides is 1. The SMILES string of the molecule is NC1CCN(C(=O)CCCCCN=C2NS(=O)(=O)c3ccccc32)CC1. The third-order valence-electron chi connectivity index (χ3n) is 4.87. The molecule has 3 rings (SSSR count). The van der Waals surface area contributed by atoms with E-state index in [9.17, 15) is 13.2 Å². The number of aliphatic imine (C=N–C) groups is 1. The largest absolute Gasteiger partial charge is 0.343 e. The maximum atomic E-state index is 12.1. The van der Waals surface area contributed by atoms with Crippen molar-refractivity contribution >= 4 is 21.8 Å². The number of unbranched alkanes of at least 4 members (excludes halogenated alkanes) is 2. The van der Waals surface area contributed by atoms with Gasteiger partial charge in [-0.3, -0.25) is 14.5 Å². The van der Waals surface area contributed by atoms with Gasteiger partial charge in [0.1, 0.15) is 5.84 Å². The quantitative estimate of drug-likeness (QED) is 0.727. The van der Waals surface area contributed by atoms with Gasteiger partial charge in [0.25, 0.3) is 10.0 Å². The molecule has 0 saturated carbocycles. The van der Waals surface area contributed by atoms with Crippen LogP contribution in [-0.2, 0) is 14.8 Å². The van der Waals surface area contributed by atoms with Crippen LogP contribution in [0.15, 0.2) is 34.2 Å². The molecule has 0 aromatic heterocycles. The number of nitrogens with two attached hydrogens (primary N) is 1. The van der Waals surface area contributed by atoms with Gasteiger partial charge >= 0.3 is 0 Å². The minimum absolute atomic E-state index is 0.209. The fourth-order valence-corrected chi connectivity index (χ4v) is 4.56. The molecular weight excluding hydrogens is 352 g/mol. The average molecular weight is 378 g/mol. The zero-order valence-electron chi connectivity index (χ0n) is 14.9. The zero-order chi connectivity index (χ0) is 18.6. The summed E-state index contributed by atoms with van der Waals surface area (Å²) in [6.07, 6.45) is 4.88. The Labute approximate surface area is 154 Å². The van der Waals surface area contributed by atoms with Crippen LogP contribution in [-0.4, -0.2) is 50.7 Å². The first kappa shape index (κ1) is 18.8. The lowest BCUT2D eigenvalue weighted by Crippen LogP contribution is -2.42. The Balaban J connectivity index is 1.40. The summed E-state index contributed by atoms with van der Waals surface area (Å²) >= 11 is 0. The molecule has 142 valence electrons. The first-order valence-corrected chi connectivity index (χ1v) is 10.7. The van der Waals surface area contributed by atoms with E-state index in [1.807, 2.05) is 4.90 Å². The Bertz CT molecular complexity index is 783. The number of carbonyl (C=O) groups excluding carboxylic acids is 1. The van der Waals surface area contributed by atoms with Crippen molar-refractivity contribution in [3.63, 3.8) is 0 Å². The zero-order valence-corrected chi connectivity index (χ0v) is 15.7. The third kappa shape index (κ3) is 4.42. The van der Waals surface area contributed by atoms with E-state index in [0.717, 1.165) is 45.2 Å². The lowest BCUT2D eigenvalue weighted by molar-refractivity contribution is -0.132. The average Bonchev–Trinajstić information content (AvgIpc) is 2.89. The Hall–Kier alpha value is -1.93. The summed E-state index contributed by atoms with van der Waals surface area (Å²) in [4.78, 5) is 18.7. The summed E-state index contributed by atoms with van der Waals surface area (Å²) in [5, 5.41) is 0. The first-order chi connectivity index (χ1) is 12.5. The van der Waals surface area contributed by atoms with Crippen LogP contribution in [0.4, 0.5) is 0 Å². The molecule has 0 unspecified atom stereocenters. The molecule has 1 aromatic carbocycles. The Morgan fingerprint density at radius 1 is 1.19 bits per heavy atom. The van der Waals surface area contributed by atoms with Crippen molar-refractivity contribution in [2.75, 3.05) is 19.6 Å². The standard InChI is InChI=1S/C18H26N4O3S/c19-14-9-12-22(13-10-14)17(23)8-2-1-5-11-20-18-15-6-3-4-7-16(15)26(24,25)21-18/h3-4,6-7,14H,1-2,5,8-13,19H2,(H,20,21). The van der Waals surface area contributed by atoms with Crippen molar-refractivity contribution in [3.05, 3.63) is 29.8 Å². The number of piperidine rings is 1. The van der Waals surface area contributed by atoms with E-state index in [0.29, 0.717) is 24.4 Å². The topological polar surface area (TPSA) is 105 Å². The highest BCUT2D eigenvalue weighted by atomic mass is 32.2. The second-order valence-electron chi connectivity index (χ2n) is 6.86. The highest BCUT2D eigenvalue weighted by Crippen LogP contribution is 2.22. The van der Waals surface area contributed by atoms with Gasteiger partial charge in [-0.25, -0.2) is 8.42 Å². The molecule has 0 bridgehead atoms. The second-order valence-corrected chi connectivity index (χ2v) is 8.51. The number of nitrogens with one attached hydrogen (secondary N) is 1. The van der Waals surface area contributed by atoms with Crippen molar-refractivity contribution in [3.8, 4) is 0 Å². The molecule has 2 aliphatic rings. The molecule has 0 atom stereocenters. The molecule has 1 fully saturated rings. The number of rotatable bonds is 6. The number of sulfonamides is 1. The molecule has 0 radical (unpaired) electrons. The van der Waals surface area contributed by atoms with Gasteiger partial charge in [0.2, 0.25) is 5.91 Å². The number of amidine groups is 1. The second kappa shape index (κ2) is 8.18. The van der Waals surface area contributed by atoms with Gasteiger partial charge in [0, 0.05) is 37.7 Å². The summed E-state index contributed by atoms with van der Waals surface area (Å²) in [6.45, 7) is 2.08. The smallest absolute Gasteiger partial charge is 0.263 e. The summed E-state index contributed by atoms with van der Waals surface area (Å²) in [5.74, 6) is 0.627. The van der Waals surface area contributed by atoms with Crippen LogP contribution in [0.1, 0.15) is 44.1 Å². The van der Waals surface area contributed by atoms with E-state index < -0.39 is 10.0 Å². The van der Waals surface area contributed by atoms with Crippen LogP contribution in [0.5, 0.6) is 0 Å². The Morgan fingerprint density at radius 2 is 1.92 bits per heavy atom. The minimum atomic E-state index is -3.47. The van der Waals surface area contributed by atoms with Gasteiger partial charge in [0.05, 0.1) is 4.90 Å². The lowest BCUT2D eigenvalue weighted by atomic mass is 10.1. The molecule has 2 heterocycles. The number of likely N-dealkylation sites (tertiary alicyclic amines) is 1. The molecule has 2 aliphatic heterocycles. The third-order valence-corrected chi connectivity index (χ3v) is 6.27. The van der Waals surface area contributed by atoms with E-state index >= 15 is 0 Å². The summed E-state index contributed by atoms with van der Waals surface area (Å²) in [5.41, 5.74) is 6.49. The Morgan fingerprint density at radius 3 is 2.69 bits per heavy atom. The van der Waals surface area contributed by atoms with Crippen molar-refractivity contribution in [1.29, 1.82) is 0 Å². The molecule has 0 spiro atoms. The van der Waals surface area contributed by atoms with Gasteiger partial charge in [-0.1, -0.05) is 18.6 Å². The minimum Gasteiger partial charge on any atom is -0.343 e. The molecule has 8 heteroatoms. The van der Waals surface area contributed by atoms with Crippen LogP contribution in [0.2, 0.25) is 0 Å². The number of fused-ring (bicyclic) bond motifs is 1. The molecule has 1 saturated heterocycles. The van der Waals surface area contributed by atoms with Crippen LogP contribution < -0.4 is 10.5 Å². The van der Waals surface area contributed by atoms with Crippen LogP contribution in [0.3, 0.4) is 0 Å². The van der Waals surface area contributed by atoms with Crippen LogP contribution >= 0.6 is 0 Å². The fourth-order valence-electron chi connectivity index (χ4n) is 3.31. The predicted molar refractivity (Wildman–Crippen MR) is 100 cm³/mol. The highest BCUT2D eigenvalue weighted by molar-refractivity contribution is 7.90. The van der Waals surface area contributed by atoms with Gasteiger partial charge < -0.3 is 10.6 Å². The summed E-state index contributed by atoms with van der Waals surface area (Å²) in [7, 11) is -3.47. The summed E-state index contributed by atoms with van der Waals surface area (Å²) in [6, 6.07) is 7.08.